The van der Waals surface area contributed by atoms with Crippen molar-refractivity contribution in [1.82, 2.24) is 19.8 Å². The molecule has 0 bridgehead atoms. The van der Waals surface area contributed by atoms with Crippen molar-refractivity contribution in [2.24, 2.45) is 0 Å². The van der Waals surface area contributed by atoms with Crippen molar-refractivity contribution < 1.29 is 4.39 Å². The molecular weight excluding hydrogens is 445 g/mol. The van der Waals surface area contributed by atoms with Crippen LogP contribution in [0.5, 0.6) is 0 Å². The van der Waals surface area contributed by atoms with Crippen LogP contribution < -0.4 is 5.43 Å². The predicted octanol–water partition coefficient (Wildman–Crippen LogP) is 5.39. The van der Waals surface area contributed by atoms with Crippen LogP contribution in [0, 0.1) is 5.82 Å². The number of nitrogens with zero attached hydrogens (tertiary/aromatic N) is 4. The second-order valence-corrected chi connectivity index (χ2v) is 7.83. The summed E-state index contributed by atoms with van der Waals surface area (Å²) < 4.78 is 15.5. The molecule has 4 aromatic rings. The Morgan fingerprint density at radius 3 is 2.38 bits per heavy atom. The van der Waals surface area contributed by atoms with Gasteiger partial charge in [-0.05, 0) is 47.5 Å². The van der Waals surface area contributed by atoms with Crippen molar-refractivity contribution in [2.45, 2.75) is 13.0 Å². The van der Waals surface area contributed by atoms with Gasteiger partial charge in [-0.25, -0.2) is 9.07 Å². The summed E-state index contributed by atoms with van der Waals surface area (Å²) in [6.45, 7) is 1.40. The predicted molar refractivity (Wildman–Crippen MR) is 131 cm³/mol. The van der Waals surface area contributed by atoms with Gasteiger partial charge in [-0.3, -0.25) is 15.4 Å². The summed E-state index contributed by atoms with van der Waals surface area (Å²) in [5.74, 6) is 0.598. The largest absolute Gasteiger partial charge is 0.281 e. The number of halogens is 2. The minimum atomic E-state index is -0.270. The van der Waals surface area contributed by atoms with Gasteiger partial charge in [-0.15, -0.1) is 12.4 Å². The van der Waals surface area contributed by atoms with E-state index in [0.717, 1.165) is 33.2 Å². The fourth-order valence-corrected chi connectivity index (χ4v) is 4.07. The van der Waals surface area contributed by atoms with Crippen LogP contribution in [-0.2, 0) is 13.0 Å². The summed E-state index contributed by atoms with van der Waals surface area (Å²) in [5, 5.41) is 6.86. The van der Waals surface area contributed by atoms with Gasteiger partial charge < -0.3 is 0 Å². The molecule has 3 heterocycles. The Morgan fingerprint density at radius 1 is 0.938 bits per heavy atom. The zero-order valence-corrected chi connectivity index (χ0v) is 18.7. The van der Waals surface area contributed by atoms with Crippen LogP contribution in [0.15, 0.2) is 79.1 Å². The lowest BCUT2D eigenvalue weighted by Gasteiger charge is -2.32. The van der Waals surface area contributed by atoms with Crippen LogP contribution >= 0.6 is 24.6 Å². The number of pyridine rings is 1. The van der Waals surface area contributed by atoms with Gasteiger partial charge in [0.2, 0.25) is 0 Å². The zero-order chi connectivity index (χ0) is 21.2. The lowest BCUT2D eigenvalue weighted by atomic mass is 10.0. The van der Waals surface area contributed by atoms with E-state index >= 15 is 0 Å². The molecule has 2 aromatic carbocycles. The first kappa shape index (κ1) is 21.9. The standard InChI is InChI=1S/C24H20FN5S.ClH/c25-20-8-6-19(7-9-20)23-22(18-10-12-26-13-11-18)24-28-29(14-15-30(24)27-23)21(31)16-17-4-2-1-3-5-17;/h1-13,28H,14-16H2;1H. The van der Waals surface area contributed by atoms with E-state index < -0.39 is 0 Å². The maximum Gasteiger partial charge on any atom is 0.151 e. The molecule has 2 aromatic heterocycles. The van der Waals surface area contributed by atoms with E-state index in [0.29, 0.717) is 19.5 Å². The molecule has 0 fully saturated rings. The van der Waals surface area contributed by atoms with Gasteiger partial charge in [-0.2, -0.15) is 5.10 Å². The summed E-state index contributed by atoms with van der Waals surface area (Å²) in [4.78, 5) is 4.96. The third-order valence-corrected chi connectivity index (χ3v) is 5.68. The summed E-state index contributed by atoms with van der Waals surface area (Å²) in [7, 11) is 0. The Labute approximate surface area is 197 Å². The van der Waals surface area contributed by atoms with E-state index in [2.05, 4.69) is 22.5 Å². The molecule has 1 aliphatic heterocycles. The first-order valence-corrected chi connectivity index (χ1v) is 10.5. The molecule has 5 nitrogen and oxygen atoms in total. The first-order valence-electron chi connectivity index (χ1n) is 10.1. The molecule has 0 saturated heterocycles. The number of hydrazine groups is 1. The second kappa shape index (κ2) is 9.46. The van der Waals surface area contributed by atoms with Gasteiger partial charge in [0, 0.05) is 24.4 Å². The van der Waals surface area contributed by atoms with Gasteiger partial charge in [0.15, 0.2) is 5.82 Å². The number of nitrogens with one attached hydrogen (secondary N) is 1. The Kier molecular flexibility index (Phi) is 6.48. The number of rotatable bonds is 4. The van der Waals surface area contributed by atoms with Crippen LogP contribution in [0.4, 0.5) is 10.2 Å². The maximum atomic E-state index is 13.5. The average Bonchev–Trinajstić information content (AvgIpc) is 3.19. The third-order valence-electron chi connectivity index (χ3n) is 5.31. The Balaban J connectivity index is 0.00000245. The molecule has 8 heteroatoms. The molecule has 0 unspecified atom stereocenters. The molecule has 0 spiro atoms. The van der Waals surface area contributed by atoms with Crippen LogP contribution in [-0.4, -0.2) is 31.3 Å². The van der Waals surface area contributed by atoms with Gasteiger partial charge in [0.05, 0.1) is 18.7 Å². The third kappa shape index (κ3) is 4.35. The molecule has 1 N–H and O–H groups in total. The van der Waals surface area contributed by atoms with Crippen LogP contribution in [0.1, 0.15) is 5.56 Å². The quantitative estimate of drug-likeness (QED) is 0.410. The fraction of sp³-hybridized carbons (Fsp3) is 0.125. The van der Waals surface area contributed by atoms with Crippen LogP contribution in [0.2, 0.25) is 0 Å². The molecule has 0 amide bonds. The smallest absolute Gasteiger partial charge is 0.151 e. The molecule has 0 aliphatic carbocycles. The molecule has 162 valence electrons. The molecule has 5 rings (SSSR count). The first-order chi connectivity index (χ1) is 15.2. The van der Waals surface area contributed by atoms with Crippen molar-refractivity contribution in [3.05, 3.63) is 90.5 Å². The zero-order valence-electron chi connectivity index (χ0n) is 17.1. The highest BCUT2D eigenvalue weighted by atomic mass is 35.5. The van der Waals surface area contributed by atoms with Crippen molar-refractivity contribution >= 4 is 35.4 Å². The Morgan fingerprint density at radius 2 is 1.66 bits per heavy atom. The second-order valence-electron chi connectivity index (χ2n) is 7.36. The number of hydrogen-bond acceptors (Lipinski definition) is 4. The van der Waals surface area contributed by atoms with E-state index in [4.69, 9.17) is 17.3 Å². The molecule has 32 heavy (non-hydrogen) atoms. The summed E-state index contributed by atoms with van der Waals surface area (Å²) in [5.41, 5.74) is 8.24. The number of anilines is 1. The number of hydrogen-bond donors (Lipinski definition) is 1. The van der Waals surface area contributed by atoms with Gasteiger partial charge in [0.1, 0.15) is 16.5 Å². The minimum absolute atomic E-state index is 0. The lowest BCUT2D eigenvalue weighted by Crippen LogP contribution is -2.43. The summed E-state index contributed by atoms with van der Waals surface area (Å²) in [6, 6.07) is 20.5. The van der Waals surface area contributed by atoms with Crippen molar-refractivity contribution in [2.75, 3.05) is 12.0 Å². The van der Waals surface area contributed by atoms with Crippen molar-refractivity contribution in [1.29, 1.82) is 0 Å². The highest BCUT2D eigenvalue weighted by molar-refractivity contribution is 7.80. The highest BCUT2D eigenvalue weighted by Crippen LogP contribution is 2.39. The Bertz CT molecular complexity index is 1210. The van der Waals surface area contributed by atoms with Crippen molar-refractivity contribution in [3.63, 3.8) is 0 Å². The number of thiocarbonyl (C=S) groups is 1. The summed E-state index contributed by atoms with van der Waals surface area (Å²) in [6.07, 6.45) is 4.20. The van der Waals surface area contributed by atoms with E-state index in [9.17, 15) is 4.39 Å². The Hall–Kier alpha value is -3.29. The number of fused-ring (bicyclic) bond motifs is 1. The number of aromatic nitrogens is 3. The van der Waals surface area contributed by atoms with Gasteiger partial charge >= 0.3 is 0 Å². The van der Waals surface area contributed by atoms with E-state index in [-0.39, 0.29) is 18.2 Å². The van der Waals surface area contributed by atoms with Crippen LogP contribution in [0.3, 0.4) is 0 Å². The van der Waals surface area contributed by atoms with Crippen molar-refractivity contribution in [3.8, 4) is 22.4 Å². The molecule has 1 aliphatic rings. The molecular formula is C24H21ClFN5S. The van der Waals surface area contributed by atoms with Gasteiger partial charge in [-0.1, -0.05) is 42.5 Å². The maximum absolute atomic E-state index is 13.5. The summed E-state index contributed by atoms with van der Waals surface area (Å²) >= 11 is 5.74. The minimum Gasteiger partial charge on any atom is -0.281 e. The lowest BCUT2D eigenvalue weighted by molar-refractivity contribution is 0.401. The molecule has 0 saturated carbocycles. The molecule has 0 atom stereocenters. The van der Waals surface area contributed by atoms with Gasteiger partial charge in [0.25, 0.3) is 0 Å². The number of benzene rings is 2. The van der Waals surface area contributed by atoms with Crippen LogP contribution in [0.25, 0.3) is 22.4 Å². The molecule has 0 radical (unpaired) electrons. The normalized spacial score (nSPS) is 12.5. The topological polar surface area (TPSA) is 46.0 Å². The average molecular weight is 466 g/mol. The fourth-order valence-electron chi connectivity index (χ4n) is 3.77. The van der Waals surface area contributed by atoms with E-state index in [1.54, 1.807) is 24.5 Å². The van der Waals surface area contributed by atoms with E-state index in [1.807, 2.05) is 40.0 Å². The SMILES string of the molecule is Cl.Fc1ccc(-c2nn3c(c2-c2ccncc2)NN(C(=S)Cc2ccccc2)CC3)cc1. The van der Waals surface area contributed by atoms with E-state index in [1.165, 1.54) is 17.7 Å². The monoisotopic (exact) mass is 465 g/mol. The highest BCUT2D eigenvalue weighted by Gasteiger charge is 2.26.